The molecule has 0 heterocycles. The average Bonchev–Trinajstić information content (AvgIpc) is 2.65. The van der Waals surface area contributed by atoms with Crippen LogP contribution in [-0.4, -0.2) is 42.7 Å². The van der Waals surface area contributed by atoms with Gasteiger partial charge in [0.2, 0.25) is 0 Å². The molecule has 0 fully saturated rings. The van der Waals surface area contributed by atoms with E-state index >= 15 is 0 Å². The first kappa shape index (κ1) is 23.3. The number of rotatable bonds is 8. The van der Waals surface area contributed by atoms with Crippen LogP contribution in [0.1, 0.15) is 0 Å². The van der Waals surface area contributed by atoms with Gasteiger partial charge in [0.15, 0.2) is 17.5 Å². The Bertz CT molecular complexity index is 764. The zero-order chi connectivity index (χ0) is 18.8. The molecule has 2 aromatic carbocycles. The van der Waals surface area contributed by atoms with Gasteiger partial charge < -0.3 is 15.4 Å². The number of nitrogens with one attached hydrogen (secondary N) is 2. The van der Waals surface area contributed by atoms with E-state index < -0.39 is 22.4 Å². The Kier molecular flexibility index (Phi) is 10.9. The molecular weight excluding hydrogens is 487 g/mol. The quantitative estimate of drug-likeness (QED) is 0.249. The third-order valence-corrected chi connectivity index (χ3v) is 4.73. The molecule has 0 radical (unpaired) electrons. The van der Waals surface area contributed by atoms with Gasteiger partial charge in [0, 0.05) is 30.3 Å². The van der Waals surface area contributed by atoms with Crippen LogP contribution in [0.15, 0.2) is 58.4 Å². The van der Waals surface area contributed by atoms with Crippen LogP contribution >= 0.6 is 24.0 Å². The van der Waals surface area contributed by atoms with Gasteiger partial charge in [-0.15, -0.1) is 24.0 Å². The minimum absolute atomic E-state index is 0. The molecule has 0 spiro atoms. The zero-order valence-electron chi connectivity index (χ0n) is 14.8. The normalized spacial score (nSPS) is 12.0. The van der Waals surface area contributed by atoms with E-state index in [2.05, 4.69) is 15.6 Å². The first-order valence-electron chi connectivity index (χ1n) is 8.06. The van der Waals surface area contributed by atoms with Crippen molar-refractivity contribution in [2.45, 2.75) is 4.90 Å². The molecule has 0 bridgehead atoms. The Morgan fingerprint density at radius 2 is 1.81 bits per heavy atom. The van der Waals surface area contributed by atoms with Gasteiger partial charge in [-0.2, -0.15) is 0 Å². The van der Waals surface area contributed by atoms with Crippen LogP contribution in [0.5, 0.6) is 5.75 Å². The molecule has 2 rings (SSSR count). The van der Waals surface area contributed by atoms with E-state index in [1.165, 1.54) is 6.07 Å². The van der Waals surface area contributed by atoms with Gasteiger partial charge >= 0.3 is 0 Å². The van der Waals surface area contributed by atoms with Gasteiger partial charge in [-0.1, -0.05) is 18.2 Å². The lowest BCUT2D eigenvalue weighted by molar-refractivity contribution is 0.304. The summed E-state index contributed by atoms with van der Waals surface area (Å²) in [6, 6.07) is 12.4. The molecule has 9 heteroatoms. The fraction of sp³-hybridized carbons (Fsp3) is 0.278. The molecule has 2 aromatic rings. The Morgan fingerprint density at radius 3 is 2.48 bits per heavy atom. The van der Waals surface area contributed by atoms with E-state index in [-0.39, 0.29) is 36.3 Å². The maximum absolute atomic E-state index is 13.4. The molecule has 0 aromatic heterocycles. The summed E-state index contributed by atoms with van der Waals surface area (Å²) in [6.07, 6.45) is 0. The van der Waals surface area contributed by atoms with Crippen molar-refractivity contribution >= 4 is 40.7 Å². The molecule has 27 heavy (non-hydrogen) atoms. The minimum Gasteiger partial charge on any atom is -0.489 e. The number of guanidine groups is 1. The Morgan fingerprint density at radius 1 is 1.11 bits per heavy atom. The lowest BCUT2D eigenvalue weighted by atomic mass is 10.3. The topological polar surface area (TPSA) is 62.7 Å². The van der Waals surface area contributed by atoms with E-state index in [1.54, 1.807) is 7.05 Å². The van der Waals surface area contributed by atoms with Gasteiger partial charge in [-0.25, -0.2) is 8.78 Å². The van der Waals surface area contributed by atoms with Crippen LogP contribution in [-0.2, 0) is 10.8 Å². The van der Waals surface area contributed by atoms with Crippen LogP contribution in [0.3, 0.4) is 0 Å². The van der Waals surface area contributed by atoms with Gasteiger partial charge in [0.05, 0.1) is 17.3 Å². The highest BCUT2D eigenvalue weighted by molar-refractivity contribution is 14.0. The van der Waals surface area contributed by atoms with Crippen molar-refractivity contribution in [3.8, 4) is 5.75 Å². The fourth-order valence-corrected chi connectivity index (χ4v) is 3.08. The number of benzene rings is 2. The van der Waals surface area contributed by atoms with Crippen molar-refractivity contribution in [3.05, 3.63) is 60.2 Å². The molecule has 1 unspecified atom stereocenters. The monoisotopic (exact) mass is 509 g/mol. The van der Waals surface area contributed by atoms with E-state index in [0.29, 0.717) is 24.8 Å². The molecule has 0 amide bonds. The van der Waals surface area contributed by atoms with Crippen LogP contribution in [0.2, 0.25) is 0 Å². The number of ether oxygens (including phenoxy) is 1. The van der Waals surface area contributed by atoms with Gasteiger partial charge in [0.1, 0.15) is 12.4 Å². The molecule has 0 saturated heterocycles. The second-order valence-corrected chi connectivity index (χ2v) is 6.78. The highest BCUT2D eigenvalue weighted by Gasteiger charge is 2.06. The third-order valence-electron chi connectivity index (χ3n) is 3.36. The predicted octanol–water partition coefficient (Wildman–Crippen LogP) is 2.93. The molecule has 148 valence electrons. The molecule has 0 aliphatic heterocycles. The maximum Gasteiger partial charge on any atom is 0.191 e. The zero-order valence-corrected chi connectivity index (χ0v) is 17.9. The van der Waals surface area contributed by atoms with Gasteiger partial charge in [-0.05, 0) is 24.3 Å². The van der Waals surface area contributed by atoms with Crippen LogP contribution in [0.4, 0.5) is 8.78 Å². The summed E-state index contributed by atoms with van der Waals surface area (Å²) in [5.74, 6) is -0.420. The summed E-state index contributed by atoms with van der Waals surface area (Å²) >= 11 is 0. The first-order valence-corrected chi connectivity index (χ1v) is 9.38. The summed E-state index contributed by atoms with van der Waals surface area (Å²) in [7, 11) is 0.534. The van der Waals surface area contributed by atoms with Crippen molar-refractivity contribution in [2.24, 2.45) is 4.99 Å². The summed E-state index contributed by atoms with van der Waals surface area (Å²) in [6.45, 7) is 1.03. The van der Waals surface area contributed by atoms with Crippen molar-refractivity contribution in [2.75, 3.05) is 32.5 Å². The Balaban J connectivity index is 0.00000364. The fourth-order valence-electron chi connectivity index (χ4n) is 2.10. The van der Waals surface area contributed by atoms with Crippen LogP contribution in [0, 0.1) is 11.6 Å². The number of halogens is 3. The Labute approximate surface area is 177 Å². The largest absolute Gasteiger partial charge is 0.489 e. The van der Waals surface area contributed by atoms with Gasteiger partial charge in [0.25, 0.3) is 0 Å². The summed E-state index contributed by atoms with van der Waals surface area (Å²) < 4.78 is 43.6. The smallest absolute Gasteiger partial charge is 0.191 e. The lowest BCUT2D eigenvalue weighted by Gasteiger charge is -2.12. The third kappa shape index (κ3) is 8.21. The van der Waals surface area contributed by atoms with E-state index in [4.69, 9.17) is 4.74 Å². The molecule has 1 atom stereocenters. The second-order valence-electron chi connectivity index (χ2n) is 5.21. The standard InChI is InChI=1S/C18H21F2N3O2S.HI/c1-21-18(23-10-12-26(24)15-5-3-2-4-6-15)22-9-11-25-17-8-7-14(19)13-16(17)20;/h2-8,13H,9-12H2,1H3,(H2,21,22,23);1H. The van der Waals surface area contributed by atoms with Crippen molar-refractivity contribution in [3.63, 3.8) is 0 Å². The molecular formula is C18H22F2IN3O2S. The van der Waals surface area contributed by atoms with Crippen LogP contribution < -0.4 is 15.4 Å². The van der Waals surface area contributed by atoms with Crippen molar-refractivity contribution < 1.29 is 17.7 Å². The SMILES string of the molecule is CN=C(NCCOc1ccc(F)cc1F)NCCS(=O)c1ccccc1.I. The molecule has 0 aliphatic rings. The number of hydrogen-bond acceptors (Lipinski definition) is 3. The summed E-state index contributed by atoms with van der Waals surface area (Å²) in [5.41, 5.74) is 0. The minimum atomic E-state index is -1.08. The second kappa shape index (κ2) is 12.6. The number of aliphatic imine (C=N–C) groups is 1. The van der Waals surface area contributed by atoms with E-state index in [9.17, 15) is 13.0 Å². The maximum atomic E-state index is 13.4. The van der Waals surface area contributed by atoms with E-state index in [1.807, 2.05) is 30.3 Å². The summed E-state index contributed by atoms with van der Waals surface area (Å²) in [4.78, 5) is 4.83. The van der Waals surface area contributed by atoms with Crippen molar-refractivity contribution in [1.29, 1.82) is 0 Å². The number of hydrogen-bond donors (Lipinski definition) is 2. The predicted molar refractivity (Wildman–Crippen MR) is 114 cm³/mol. The molecule has 5 nitrogen and oxygen atoms in total. The van der Waals surface area contributed by atoms with Crippen molar-refractivity contribution in [1.82, 2.24) is 10.6 Å². The first-order chi connectivity index (χ1) is 12.6. The molecule has 0 aliphatic carbocycles. The number of nitrogens with zero attached hydrogens (tertiary/aromatic N) is 1. The Hall–Kier alpha value is -1.75. The summed E-state index contributed by atoms with van der Waals surface area (Å²) in [5, 5.41) is 6.06. The highest BCUT2D eigenvalue weighted by Crippen LogP contribution is 2.17. The van der Waals surface area contributed by atoms with Crippen LogP contribution in [0.25, 0.3) is 0 Å². The molecule has 0 saturated carbocycles. The highest BCUT2D eigenvalue weighted by atomic mass is 127. The average molecular weight is 509 g/mol. The molecule has 2 N–H and O–H groups in total. The van der Waals surface area contributed by atoms with Gasteiger partial charge in [-0.3, -0.25) is 9.20 Å². The lowest BCUT2D eigenvalue weighted by Crippen LogP contribution is -2.40. The van der Waals surface area contributed by atoms with E-state index in [0.717, 1.165) is 17.0 Å².